The van der Waals surface area contributed by atoms with Gasteiger partial charge >= 0.3 is 12.0 Å². The Hall–Kier alpha value is -1.76. The Morgan fingerprint density at radius 3 is 2.80 bits per heavy atom. The molecule has 3 N–H and O–H groups in total. The molecule has 0 fully saturated rings. The van der Waals surface area contributed by atoms with Gasteiger partial charge in [-0.1, -0.05) is 6.07 Å². The first-order valence-corrected chi connectivity index (χ1v) is 7.61. The second-order valence-electron chi connectivity index (χ2n) is 4.27. The lowest BCUT2D eigenvalue weighted by Gasteiger charge is -2.14. The topological polar surface area (TPSA) is 91.3 Å². The van der Waals surface area contributed by atoms with Gasteiger partial charge in [0.15, 0.2) is 0 Å². The zero-order chi connectivity index (χ0) is 15.0. The maximum atomic E-state index is 11.7. The maximum absolute atomic E-state index is 11.7. The van der Waals surface area contributed by atoms with E-state index in [0.29, 0.717) is 12.2 Å². The molecular weight excluding hydrogens is 278 g/mol. The van der Waals surface area contributed by atoms with Crippen LogP contribution in [0.15, 0.2) is 18.2 Å². The van der Waals surface area contributed by atoms with Crippen molar-refractivity contribution in [3.8, 4) is 0 Å². The van der Waals surface area contributed by atoms with Crippen molar-refractivity contribution in [1.29, 1.82) is 0 Å². The van der Waals surface area contributed by atoms with E-state index in [-0.39, 0.29) is 6.54 Å². The number of carbonyl (C=O) groups excluding carboxylic acids is 1. The van der Waals surface area contributed by atoms with Gasteiger partial charge in [0.2, 0.25) is 0 Å². The first-order valence-electron chi connectivity index (χ1n) is 6.21. The number of urea groups is 1. The van der Waals surface area contributed by atoms with Crippen molar-refractivity contribution in [2.45, 2.75) is 25.9 Å². The van der Waals surface area contributed by atoms with Crippen LogP contribution in [-0.4, -0.2) is 40.1 Å². The molecule has 0 aromatic carbocycles. The molecule has 0 saturated heterocycles. The average molecular weight is 297 g/mol. The summed E-state index contributed by atoms with van der Waals surface area (Å²) in [5, 5.41) is 14.1. The van der Waals surface area contributed by atoms with Crippen LogP contribution in [0.4, 0.5) is 4.79 Å². The summed E-state index contributed by atoms with van der Waals surface area (Å²) in [5.41, 5.74) is 1.60. The zero-order valence-corrected chi connectivity index (χ0v) is 12.4. The first-order chi connectivity index (χ1) is 9.52. The van der Waals surface area contributed by atoms with Crippen LogP contribution >= 0.6 is 11.8 Å². The highest BCUT2D eigenvalue weighted by molar-refractivity contribution is 7.98. The van der Waals surface area contributed by atoms with Gasteiger partial charge in [-0.15, -0.1) is 0 Å². The molecule has 0 radical (unpaired) electrons. The van der Waals surface area contributed by atoms with Gasteiger partial charge in [0.1, 0.15) is 6.04 Å². The van der Waals surface area contributed by atoms with E-state index in [1.807, 2.05) is 25.3 Å². The predicted molar refractivity (Wildman–Crippen MR) is 78.8 cm³/mol. The fourth-order valence-electron chi connectivity index (χ4n) is 1.57. The highest BCUT2D eigenvalue weighted by Crippen LogP contribution is 2.01. The lowest BCUT2D eigenvalue weighted by atomic mass is 10.2. The van der Waals surface area contributed by atoms with Gasteiger partial charge in [0.25, 0.3) is 0 Å². The highest BCUT2D eigenvalue weighted by atomic mass is 32.2. The van der Waals surface area contributed by atoms with Crippen LogP contribution in [0.5, 0.6) is 0 Å². The molecule has 110 valence electrons. The molecule has 20 heavy (non-hydrogen) atoms. The number of carboxylic acid groups (broad SMARTS) is 1. The molecule has 2 amide bonds. The third kappa shape index (κ3) is 5.92. The molecule has 1 atom stereocenters. The summed E-state index contributed by atoms with van der Waals surface area (Å²) in [5.74, 6) is -0.348. The average Bonchev–Trinajstić information content (AvgIpc) is 2.41. The third-order valence-corrected chi connectivity index (χ3v) is 3.23. The number of thioether (sulfide) groups is 1. The molecule has 0 aliphatic rings. The Balaban J connectivity index is 2.43. The molecule has 0 aliphatic carbocycles. The van der Waals surface area contributed by atoms with E-state index in [4.69, 9.17) is 5.11 Å². The van der Waals surface area contributed by atoms with Crippen molar-refractivity contribution >= 4 is 23.8 Å². The molecule has 6 nitrogen and oxygen atoms in total. The highest BCUT2D eigenvalue weighted by Gasteiger charge is 2.18. The van der Waals surface area contributed by atoms with Gasteiger partial charge < -0.3 is 15.7 Å². The molecular formula is C13H19N3O3S. The lowest BCUT2D eigenvalue weighted by Crippen LogP contribution is -2.46. The van der Waals surface area contributed by atoms with Crippen LogP contribution in [0.3, 0.4) is 0 Å². The number of hydrogen-bond acceptors (Lipinski definition) is 4. The quantitative estimate of drug-likeness (QED) is 0.707. The molecule has 0 aliphatic heterocycles. The number of nitrogens with one attached hydrogen (secondary N) is 2. The van der Waals surface area contributed by atoms with Crippen molar-refractivity contribution in [2.75, 3.05) is 12.0 Å². The van der Waals surface area contributed by atoms with Crippen LogP contribution in [0, 0.1) is 6.92 Å². The van der Waals surface area contributed by atoms with Gasteiger partial charge in [-0.05, 0) is 37.5 Å². The summed E-state index contributed by atoms with van der Waals surface area (Å²) in [6.45, 7) is 2.13. The number of nitrogens with zero attached hydrogens (tertiary/aromatic N) is 1. The molecule has 1 rings (SSSR count). The number of aryl methyl sites for hydroxylation is 1. The molecule has 1 aromatic heterocycles. The van der Waals surface area contributed by atoms with Gasteiger partial charge in [0.05, 0.1) is 12.2 Å². The molecule has 0 spiro atoms. The van der Waals surface area contributed by atoms with Crippen molar-refractivity contribution in [2.24, 2.45) is 0 Å². The Morgan fingerprint density at radius 1 is 1.45 bits per heavy atom. The predicted octanol–water partition coefficient (Wildman–Crippen LogP) is 1.40. The number of pyridine rings is 1. The Kier molecular flexibility index (Phi) is 6.86. The number of rotatable bonds is 7. The minimum Gasteiger partial charge on any atom is -0.480 e. The summed E-state index contributed by atoms with van der Waals surface area (Å²) >= 11 is 1.54. The minimum absolute atomic E-state index is 0.266. The van der Waals surface area contributed by atoms with Gasteiger partial charge in [-0.3, -0.25) is 4.98 Å². The second-order valence-corrected chi connectivity index (χ2v) is 5.26. The smallest absolute Gasteiger partial charge is 0.326 e. The number of amides is 2. The van der Waals surface area contributed by atoms with Crippen molar-refractivity contribution in [3.05, 3.63) is 29.6 Å². The zero-order valence-electron chi connectivity index (χ0n) is 11.5. The van der Waals surface area contributed by atoms with Crippen LogP contribution < -0.4 is 10.6 Å². The number of aliphatic carboxylic acids is 1. The normalized spacial score (nSPS) is 11.7. The lowest BCUT2D eigenvalue weighted by molar-refractivity contribution is -0.139. The van der Waals surface area contributed by atoms with E-state index < -0.39 is 18.0 Å². The summed E-state index contributed by atoms with van der Waals surface area (Å²) in [6.07, 6.45) is 2.29. The molecule has 0 bridgehead atoms. The summed E-state index contributed by atoms with van der Waals surface area (Å²) < 4.78 is 0. The molecule has 7 heteroatoms. The van der Waals surface area contributed by atoms with E-state index in [2.05, 4.69) is 15.6 Å². The third-order valence-electron chi connectivity index (χ3n) is 2.59. The number of carboxylic acids is 1. The molecule has 0 unspecified atom stereocenters. The van der Waals surface area contributed by atoms with Crippen molar-refractivity contribution in [1.82, 2.24) is 15.6 Å². The summed E-state index contributed by atoms with van der Waals surface area (Å²) in [4.78, 5) is 26.9. The van der Waals surface area contributed by atoms with Gasteiger partial charge in [-0.25, -0.2) is 9.59 Å². The summed E-state index contributed by atoms with van der Waals surface area (Å²) in [7, 11) is 0. The van der Waals surface area contributed by atoms with E-state index in [1.54, 1.807) is 17.8 Å². The van der Waals surface area contributed by atoms with E-state index >= 15 is 0 Å². The minimum atomic E-state index is -1.03. The van der Waals surface area contributed by atoms with Crippen LogP contribution in [0.25, 0.3) is 0 Å². The Labute approximate surface area is 122 Å². The van der Waals surface area contributed by atoms with Crippen LogP contribution in [-0.2, 0) is 11.3 Å². The fourth-order valence-corrected chi connectivity index (χ4v) is 2.04. The van der Waals surface area contributed by atoms with Gasteiger partial charge in [0, 0.05) is 5.69 Å². The molecule has 1 aromatic rings. The van der Waals surface area contributed by atoms with Crippen molar-refractivity contribution < 1.29 is 14.7 Å². The second kappa shape index (κ2) is 8.42. The molecule has 1 heterocycles. The standard InChI is InChI=1S/C13H19N3O3S/c1-9-4-3-5-10(15-9)8-14-13(19)16-11(12(17)18)6-7-20-2/h3-5,11H,6-8H2,1-2H3,(H,17,18)(H2,14,16,19)/t11-/m1/s1. The van der Waals surface area contributed by atoms with E-state index in [9.17, 15) is 9.59 Å². The van der Waals surface area contributed by atoms with E-state index in [1.165, 1.54) is 0 Å². The fraction of sp³-hybridized carbons (Fsp3) is 0.462. The first kappa shape index (κ1) is 16.3. The monoisotopic (exact) mass is 297 g/mol. The number of hydrogen-bond donors (Lipinski definition) is 3. The van der Waals surface area contributed by atoms with Crippen LogP contribution in [0.1, 0.15) is 17.8 Å². The Morgan fingerprint density at radius 2 is 2.20 bits per heavy atom. The Bertz CT molecular complexity index is 468. The largest absolute Gasteiger partial charge is 0.480 e. The SMILES string of the molecule is CSCC[C@@H](NC(=O)NCc1cccc(C)n1)C(=O)O. The van der Waals surface area contributed by atoms with Crippen LogP contribution in [0.2, 0.25) is 0 Å². The maximum Gasteiger partial charge on any atom is 0.326 e. The molecule has 0 saturated carbocycles. The number of aromatic nitrogens is 1. The van der Waals surface area contributed by atoms with E-state index in [0.717, 1.165) is 11.4 Å². The number of carbonyl (C=O) groups is 2. The summed E-state index contributed by atoms with van der Waals surface area (Å²) in [6, 6.07) is 4.16. The van der Waals surface area contributed by atoms with Crippen molar-refractivity contribution in [3.63, 3.8) is 0 Å². The van der Waals surface area contributed by atoms with Gasteiger partial charge in [-0.2, -0.15) is 11.8 Å².